The standard InChI is InChI=1S/C21H21FN2O2/c22-16-5-7-17(8-6-16)26-18-9-11-24(12-10-18)21(25)13-15-14-23-20-4-2-1-3-19(15)20/h1-8,14,18,23H,9-13H2. The molecule has 1 N–H and O–H groups in total. The topological polar surface area (TPSA) is 45.3 Å². The van der Waals surface area contributed by atoms with Crippen molar-refractivity contribution in [2.45, 2.75) is 25.4 Å². The van der Waals surface area contributed by atoms with Crippen LogP contribution in [0.1, 0.15) is 18.4 Å². The number of aromatic nitrogens is 1. The van der Waals surface area contributed by atoms with Crippen LogP contribution in [0.4, 0.5) is 4.39 Å². The van der Waals surface area contributed by atoms with Crippen molar-refractivity contribution in [3.8, 4) is 5.75 Å². The lowest BCUT2D eigenvalue weighted by atomic mass is 10.1. The van der Waals surface area contributed by atoms with Crippen molar-refractivity contribution in [3.05, 3.63) is 66.1 Å². The molecule has 0 radical (unpaired) electrons. The summed E-state index contributed by atoms with van der Waals surface area (Å²) in [4.78, 5) is 17.8. The van der Waals surface area contributed by atoms with Crippen LogP contribution in [0.3, 0.4) is 0 Å². The largest absolute Gasteiger partial charge is 0.490 e. The summed E-state index contributed by atoms with van der Waals surface area (Å²) in [6.45, 7) is 1.38. The summed E-state index contributed by atoms with van der Waals surface area (Å²) < 4.78 is 18.8. The first-order valence-electron chi connectivity index (χ1n) is 8.94. The van der Waals surface area contributed by atoms with E-state index >= 15 is 0 Å². The molecular formula is C21H21FN2O2. The van der Waals surface area contributed by atoms with Crippen molar-refractivity contribution in [1.82, 2.24) is 9.88 Å². The van der Waals surface area contributed by atoms with E-state index in [1.807, 2.05) is 35.4 Å². The van der Waals surface area contributed by atoms with Gasteiger partial charge in [-0.15, -0.1) is 0 Å². The summed E-state index contributed by atoms with van der Waals surface area (Å²) in [5, 5.41) is 1.11. The second-order valence-electron chi connectivity index (χ2n) is 6.69. The summed E-state index contributed by atoms with van der Waals surface area (Å²) in [6, 6.07) is 14.1. The number of H-pyrrole nitrogens is 1. The zero-order chi connectivity index (χ0) is 17.9. The molecule has 134 valence electrons. The number of carbonyl (C=O) groups excluding carboxylic acids is 1. The number of rotatable bonds is 4. The highest BCUT2D eigenvalue weighted by molar-refractivity contribution is 5.88. The molecule has 2 aromatic carbocycles. The van der Waals surface area contributed by atoms with Gasteiger partial charge in [-0.05, 0) is 35.9 Å². The van der Waals surface area contributed by atoms with E-state index in [1.54, 1.807) is 12.1 Å². The fourth-order valence-corrected chi connectivity index (χ4v) is 3.48. The Morgan fingerprint density at radius 2 is 1.85 bits per heavy atom. The number of likely N-dealkylation sites (tertiary alicyclic amines) is 1. The number of amides is 1. The Morgan fingerprint density at radius 1 is 1.12 bits per heavy atom. The van der Waals surface area contributed by atoms with E-state index in [4.69, 9.17) is 4.74 Å². The Bertz CT molecular complexity index is 896. The average molecular weight is 352 g/mol. The number of halogens is 1. The van der Waals surface area contributed by atoms with Crippen molar-refractivity contribution in [1.29, 1.82) is 0 Å². The molecule has 1 aromatic heterocycles. The van der Waals surface area contributed by atoms with E-state index in [0.717, 1.165) is 29.3 Å². The number of aromatic amines is 1. The quantitative estimate of drug-likeness (QED) is 0.773. The minimum atomic E-state index is -0.268. The van der Waals surface area contributed by atoms with Crippen molar-refractivity contribution in [3.63, 3.8) is 0 Å². The molecule has 2 heterocycles. The van der Waals surface area contributed by atoms with Gasteiger partial charge in [-0.25, -0.2) is 4.39 Å². The molecule has 1 amide bonds. The van der Waals surface area contributed by atoms with E-state index in [2.05, 4.69) is 4.98 Å². The lowest BCUT2D eigenvalue weighted by Gasteiger charge is -2.32. The van der Waals surface area contributed by atoms with Gasteiger partial charge >= 0.3 is 0 Å². The number of carbonyl (C=O) groups is 1. The van der Waals surface area contributed by atoms with Gasteiger partial charge in [-0.2, -0.15) is 0 Å². The molecule has 0 saturated carbocycles. The summed E-state index contributed by atoms with van der Waals surface area (Å²) in [6.07, 6.45) is 3.98. The molecular weight excluding hydrogens is 331 g/mol. The van der Waals surface area contributed by atoms with Crippen LogP contribution in [0, 0.1) is 5.82 Å². The molecule has 0 bridgehead atoms. The van der Waals surface area contributed by atoms with Gasteiger partial charge in [0, 0.05) is 43.0 Å². The third-order valence-electron chi connectivity index (χ3n) is 4.93. The molecule has 4 nitrogen and oxygen atoms in total. The fourth-order valence-electron chi connectivity index (χ4n) is 3.48. The third-order valence-corrected chi connectivity index (χ3v) is 4.93. The smallest absolute Gasteiger partial charge is 0.227 e. The number of ether oxygens (including phenoxy) is 1. The second kappa shape index (κ2) is 7.20. The number of hydrogen-bond acceptors (Lipinski definition) is 2. The maximum atomic E-state index is 13.0. The second-order valence-corrected chi connectivity index (χ2v) is 6.69. The molecule has 4 rings (SSSR count). The molecule has 0 atom stereocenters. The Morgan fingerprint density at radius 3 is 2.62 bits per heavy atom. The van der Waals surface area contributed by atoms with Crippen LogP contribution < -0.4 is 4.74 Å². The van der Waals surface area contributed by atoms with Crippen molar-refractivity contribution >= 4 is 16.8 Å². The first kappa shape index (κ1) is 16.6. The van der Waals surface area contributed by atoms with Gasteiger partial charge in [0.25, 0.3) is 0 Å². The SMILES string of the molecule is O=C(Cc1c[nH]c2ccccc12)N1CCC(Oc2ccc(F)cc2)CC1. The molecule has 26 heavy (non-hydrogen) atoms. The van der Waals surface area contributed by atoms with Gasteiger partial charge < -0.3 is 14.6 Å². The zero-order valence-electron chi connectivity index (χ0n) is 14.5. The van der Waals surface area contributed by atoms with Gasteiger partial charge in [-0.1, -0.05) is 18.2 Å². The lowest BCUT2D eigenvalue weighted by Crippen LogP contribution is -2.42. The van der Waals surface area contributed by atoms with Crippen molar-refractivity contribution < 1.29 is 13.9 Å². The molecule has 1 aliphatic rings. The van der Waals surface area contributed by atoms with Crippen LogP contribution in [0.25, 0.3) is 10.9 Å². The number of benzene rings is 2. The molecule has 1 aliphatic heterocycles. The Kier molecular flexibility index (Phi) is 4.61. The monoisotopic (exact) mass is 352 g/mol. The first-order valence-corrected chi connectivity index (χ1v) is 8.94. The molecule has 0 spiro atoms. The summed E-state index contributed by atoms with van der Waals surface area (Å²) in [7, 11) is 0. The highest BCUT2D eigenvalue weighted by Gasteiger charge is 2.24. The average Bonchev–Trinajstić information content (AvgIpc) is 3.07. The van der Waals surface area contributed by atoms with Crippen LogP contribution in [0.5, 0.6) is 5.75 Å². The number of para-hydroxylation sites is 1. The zero-order valence-corrected chi connectivity index (χ0v) is 14.5. The van der Waals surface area contributed by atoms with E-state index in [-0.39, 0.29) is 17.8 Å². The number of fused-ring (bicyclic) bond motifs is 1. The number of piperidine rings is 1. The molecule has 5 heteroatoms. The van der Waals surface area contributed by atoms with E-state index in [0.29, 0.717) is 25.3 Å². The van der Waals surface area contributed by atoms with E-state index in [9.17, 15) is 9.18 Å². The van der Waals surface area contributed by atoms with Gasteiger partial charge in [0.05, 0.1) is 6.42 Å². The van der Waals surface area contributed by atoms with E-state index in [1.165, 1.54) is 12.1 Å². The first-order chi connectivity index (χ1) is 12.7. The van der Waals surface area contributed by atoms with Gasteiger partial charge in [0.2, 0.25) is 5.91 Å². The Hall–Kier alpha value is -2.82. The highest BCUT2D eigenvalue weighted by atomic mass is 19.1. The fraction of sp³-hybridized carbons (Fsp3) is 0.286. The predicted molar refractivity (Wildman–Crippen MR) is 98.6 cm³/mol. The molecule has 3 aromatic rings. The van der Waals surface area contributed by atoms with Gasteiger partial charge in [0.15, 0.2) is 0 Å². The third kappa shape index (κ3) is 3.57. The van der Waals surface area contributed by atoms with Gasteiger partial charge in [-0.3, -0.25) is 4.79 Å². The van der Waals surface area contributed by atoms with Crippen LogP contribution >= 0.6 is 0 Å². The van der Waals surface area contributed by atoms with Crippen LogP contribution in [-0.4, -0.2) is 35.0 Å². The summed E-state index contributed by atoms with van der Waals surface area (Å²) in [5.74, 6) is 0.556. The Labute approximate surface area is 151 Å². The molecule has 1 saturated heterocycles. The normalized spacial score (nSPS) is 15.3. The maximum absolute atomic E-state index is 13.0. The minimum Gasteiger partial charge on any atom is -0.490 e. The predicted octanol–water partition coefficient (Wildman–Crippen LogP) is 3.92. The summed E-state index contributed by atoms with van der Waals surface area (Å²) in [5.41, 5.74) is 2.09. The van der Waals surface area contributed by atoms with Crippen molar-refractivity contribution in [2.24, 2.45) is 0 Å². The van der Waals surface area contributed by atoms with Crippen LogP contribution in [0.2, 0.25) is 0 Å². The molecule has 0 aliphatic carbocycles. The van der Waals surface area contributed by atoms with E-state index < -0.39 is 0 Å². The van der Waals surface area contributed by atoms with Crippen molar-refractivity contribution in [2.75, 3.05) is 13.1 Å². The number of hydrogen-bond donors (Lipinski definition) is 1. The molecule has 0 unspecified atom stereocenters. The van der Waals surface area contributed by atoms with Crippen LogP contribution in [0.15, 0.2) is 54.7 Å². The Balaban J connectivity index is 1.32. The maximum Gasteiger partial charge on any atom is 0.227 e. The number of nitrogens with zero attached hydrogens (tertiary/aromatic N) is 1. The highest BCUT2D eigenvalue weighted by Crippen LogP contribution is 2.22. The summed E-state index contributed by atoms with van der Waals surface area (Å²) >= 11 is 0. The number of nitrogens with one attached hydrogen (secondary N) is 1. The van der Waals surface area contributed by atoms with Crippen LogP contribution in [-0.2, 0) is 11.2 Å². The lowest BCUT2D eigenvalue weighted by molar-refractivity contribution is -0.132. The minimum absolute atomic E-state index is 0.0672. The van der Waals surface area contributed by atoms with Gasteiger partial charge in [0.1, 0.15) is 17.7 Å². The molecule has 1 fully saturated rings.